The third-order valence-electron chi connectivity index (χ3n) is 4.29. The summed E-state index contributed by atoms with van der Waals surface area (Å²) in [6.45, 7) is 8.69. The monoisotopic (exact) mass is 350 g/mol. The molecule has 1 heterocycles. The maximum Gasteiger partial charge on any atom is 0.243 e. The molecule has 0 aliphatic heterocycles. The van der Waals surface area contributed by atoms with Gasteiger partial charge in [-0.25, -0.2) is 4.98 Å². The Hall–Kier alpha value is -2.87. The molecule has 26 heavy (non-hydrogen) atoms. The first-order valence-corrected chi connectivity index (χ1v) is 8.83. The molecule has 1 amide bonds. The van der Waals surface area contributed by atoms with Gasteiger partial charge in [0.15, 0.2) is 0 Å². The average Bonchev–Trinajstić information content (AvgIpc) is 2.61. The third kappa shape index (κ3) is 4.60. The zero-order chi connectivity index (χ0) is 19.3. The van der Waals surface area contributed by atoms with Gasteiger partial charge >= 0.3 is 0 Å². The van der Waals surface area contributed by atoms with Crippen molar-refractivity contribution in [2.45, 2.75) is 39.5 Å². The molecule has 1 aromatic heterocycles. The molecule has 0 saturated heterocycles. The number of hydrogen-bond donors (Lipinski definition) is 1. The van der Waals surface area contributed by atoms with Crippen LogP contribution in [0.1, 0.15) is 56.2 Å². The second kappa shape index (κ2) is 8.48. The third-order valence-corrected chi connectivity index (χ3v) is 4.29. The number of anilines is 2. The minimum atomic E-state index is -0.0892. The van der Waals surface area contributed by atoms with E-state index in [0.29, 0.717) is 23.2 Å². The number of hydrogen-bond acceptors (Lipinski definition) is 4. The standard InChI is InChI=1S/C21H26N4O/c1-14(2)17-7-6-8-18(15(3)4)21(17)24-20(26)13-25(5)19-10-9-16(11-22)12-23-19/h6-10,12,14-15H,13H2,1-5H3,(H,24,26). The minimum Gasteiger partial charge on any atom is -0.350 e. The first-order chi connectivity index (χ1) is 12.3. The van der Waals surface area contributed by atoms with Crippen LogP contribution in [0.15, 0.2) is 36.5 Å². The molecule has 0 fully saturated rings. The number of rotatable bonds is 6. The summed E-state index contributed by atoms with van der Waals surface area (Å²) in [6.07, 6.45) is 1.51. The molecule has 0 unspecified atom stereocenters. The van der Waals surface area contributed by atoms with E-state index < -0.39 is 0 Å². The summed E-state index contributed by atoms with van der Waals surface area (Å²) in [5.41, 5.74) is 3.70. The Morgan fingerprint density at radius 3 is 2.23 bits per heavy atom. The molecule has 136 valence electrons. The number of nitriles is 1. The van der Waals surface area contributed by atoms with Crippen LogP contribution < -0.4 is 10.2 Å². The van der Waals surface area contributed by atoms with Gasteiger partial charge in [0, 0.05) is 18.9 Å². The van der Waals surface area contributed by atoms with E-state index in [-0.39, 0.29) is 12.5 Å². The smallest absolute Gasteiger partial charge is 0.243 e. The number of amides is 1. The summed E-state index contributed by atoms with van der Waals surface area (Å²) in [7, 11) is 1.81. The first-order valence-electron chi connectivity index (χ1n) is 8.83. The highest BCUT2D eigenvalue weighted by molar-refractivity contribution is 5.95. The molecular weight excluding hydrogens is 324 g/mol. The molecule has 2 rings (SSSR count). The maximum absolute atomic E-state index is 12.6. The lowest BCUT2D eigenvalue weighted by atomic mass is 9.92. The number of benzene rings is 1. The van der Waals surface area contributed by atoms with Gasteiger partial charge in [-0.15, -0.1) is 0 Å². The van der Waals surface area contributed by atoms with Gasteiger partial charge in [0.2, 0.25) is 5.91 Å². The van der Waals surface area contributed by atoms with Crippen molar-refractivity contribution in [3.63, 3.8) is 0 Å². The molecule has 0 aliphatic rings. The molecular formula is C21H26N4O. The number of pyridine rings is 1. The van der Waals surface area contributed by atoms with Crippen LogP contribution in [0, 0.1) is 11.3 Å². The lowest BCUT2D eigenvalue weighted by molar-refractivity contribution is -0.114. The van der Waals surface area contributed by atoms with Crippen LogP contribution in [0.3, 0.4) is 0 Å². The Morgan fingerprint density at radius 2 is 1.77 bits per heavy atom. The van der Waals surface area contributed by atoms with E-state index in [9.17, 15) is 4.79 Å². The normalized spacial score (nSPS) is 10.7. The molecule has 0 bridgehead atoms. The van der Waals surface area contributed by atoms with Crippen LogP contribution >= 0.6 is 0 Å². The first kappa shape index (κ1) is 19.5. The predicted molar refractivity (Wildman–Crippen MR) is 105 cm³/mol. The van der Waals surface area contributed by atoms with Crippen LogP contribution in [0.2, 0.25) is 0 Å². The number of aromatic nitrogens is 1. The molecule has 5 nitrogen and oxygen atoms in total. The molecule has 5 heteroatoms. The van der Waals surface area contributed by atoms with Crippen molar-refractivity contribution in [1.29, 1.82) is 5.26 Å². The van der Waals surface area contributed by atoms with Crippen LogP contribution in [0.4, 0.5) is 11.5 Å². The van der Waals surface area contributed by atoms with Crippen molar-refractivity contribution >= 4 is 17.4 Å². The van der Waals surface area contributed by atoms with E-state index in [1.165, 1.54) is 6.20 Å². The van der Waals surface area contributed by atoms with Gasteiger partial charge in [0.05, 0.1) is 12.1 Å². The van der Waals surface area contributed by atoms with Crippen LogP contribution in [0.5, 0.6) is 0 Å². The molecule has 1 aromatic carbocycles. The molecule has 0 radical (unpaired) electrons. The molecule has 1 N–H and O–H groups in total. The van der Waals surface area contributed by atoms with Crippen molar-refractivity contribution in [3.05, 3.63) is 53.2 Å². The fourth-order valence-corrected chi connectivity index (χ4v) is 2.85. The Morgan fingerprint density at radius 1 is 1.15 bits per heavy atom. The largest absolute Gasteiger partial charge is 0.350 e. The highest BCUT2D eigenvalue weighted by Crippen LogP contribution is 2.32. The summed E-state index contributed by atoms with van der Waals surface area (Å²) >= 11 is 0. The summed E-state index contributed by atoms with van der Waals surface area (Å²) in [6, 6.07) is 11.7. The Kier molecular flexibility index (Phi) is 6.35. The van der Waals surface area contributed by atoms with Crippen molar-refractivity contribution in [3.8, 4) is 6.07 Å². The van der Waals surface area contributed by atoms with Crippen molar-refractivity contribution in [1.82, 2.24) is 4.98 Å². The van der Waals surface area contributed by atoms with Gasteiger partial charge in [0.25, 0.3) is 0 Å². The number of likely N-dealkylation sites (N-methyl/N-ethyl adjacent to an activating group) is 1. The topological polar surface area (TPSA) is 69.0 Å². The zero-order valence-electron chi connectivity index (χ0n) is 16.1. The molecule has 0 spiro atoms. The highest BCUT2D eigenvalue weighted by Gasteiger charge is 2.17. The fourth-order valence-electron chi connectivity index (χ4n) is 2.85. The van der Waals surface area contributed by atoms with E-state index in [1.54, 1.807) is 17.0 Å². The number of carbonyl (C=O) groups is 1. The average molecular weight is 350 g/mol. The molecule has 0 aliphatic carbocycles. The quantitative estimate of drug-likeness (QED) is 0.844. The fraction of sp³-hybridized carbons (Fsp3) is 0.381. The number of nitrogens with zero attached hydrogens (tertiary/aromatic N) is 3. The van der Waals surface area contributed by atoms with Gasteiger partial charge in [-0.3, -0.25) is 4.79 Å². The lowest BCUT2D eigenvalue weighted by Gasteiger charge is -2.22. The van der Waals surface area contributed by atoms with Gasteiger partial charge in [-0.1, -0.05) is 45.9 Å². The van der Waals surface area contributed by atoms with Crippen molar-refractivity contribution < 1.29 is 4.79 Å². The highest BCUT2D eigenvalue weighted by atomic mass is 16.2. The van der Waals surface area contributed by atoms with E-state index >= 15 is 0 Å². The van der Waals surface area contributed by atoms with Crippen LogP contribution in [0.25, 0.3) is 0 Å². The van der Waals surface area contributed by atoms with Gasteiger partial charge in [-0.05, 0) is 35.1 Å². The maximum atomic E-state index is 12.6. The second-order valence-electron chi connectivity index (χ2n) is 7.04. The summed E-state index contributed by atoms with van der Waals surface area (Å²) in [4.78, 5) is 18.6. The summed E-state index contributed by atoms with van der Waals surface area (Å²) < 4.78 is 0. The Bertz CT molecular complexity index is 778. The predicted octanol–water partition coefficient (Wildman–Crippen LogP) is 4.27. The van der Waals surface area contributed by atoms with Crippen molar-refractivity contribution in [2.75, 3.05) is 23.8 Å². The van der Waals surface area contributed by atoms with E-state index in [0.717, 1.165) is 16.8 Å². The Balaban J connectivity index is 2.17. The van der Waals surface area contributed by atoms with E-state index in [1.807, 2.05) is 19.2 Å². The van der Waals surface area contributed by atoms with Gasteiger partial charge in [0.1, 0.15) is 11.9 Å². The molecule has 0 atom stereocenters. The minimum absolute atomic E-state index is 0.0892. The number of carbonyl (C=O) groups excluding carboxylic acids is 1. The van der Waals surface area contributed by atoms with Crippen LogP contribution in [-0.2, 0) is 4.79 Å². The Labute approximate surface area is 155 Å². The van der Waals surface area contributed by atoms with Gasteiger partial charge in [-0.2, -0.15) is 5.26 Å². The molecule has 0 saturated carbocycles. The van der Waals surface area contributed by atoms with E-state index in [2.05, 4.69) is 50.1 Å². The number of para-hydroxylation sites is 1. The van der Waals surface area contributed by atoms with E-state index in [4.69, 9.17) is 5.26 Å². The SMILES string of the molecule is CC(C)c1cccc(C(C)C)c1NC(=O)CN(C)c1ccc(C#N)cn1. The lowest BCUT2D eigenvalue weighted by Crippen LogP contribution is -2.31. The van der Waals surface area contributed by atoms with Crippen molar-refractivity contribution in [2.24, 2.45) is 0 Å². The van der Waals surface area contributed by atoms with Gasteiger partial charge < -0.3 is 10.2 Å². The zero-order valence-corrected chi connectivity index (χ0v) is 16.1. The number of nitrogens with one attached hydrogen (secondary N) is 1. The molecule has 2 aromatic rings. The summed E-state index contributed by atoms with van der Waals surface area (Å²) in [5.74, 6) is 1.21. The second-order valence-corrected chi connectivity index (χ2v) is 7.04. The van der Waals surface area contributed by atoms with Crippen LogP contribution in [-0.4, -0.2) is 24.5 Å². The summed E-state index contributed by atoms with van der Waals surface area (Å²) in [5, 5.41) is 12.0.